The molecule has 0 aliphatic heterocycles. The second-order valence-corrected chi connectivity index (χ2v) is 17.4. The first-order chi connectivity index (χ1) is 32.0. The first-order valence-electron chi connectivity index (χ1n) is 19.9. The average Bonchev–Trinajstić information content (AvgIpc) is 3.29. The largest absolute Gasteiger partial charge is 0.480 e. The molecular formula is C45H38N12O8S2. The zero-order chi connectivity index (χ0) is 47.6. The second-order valence-electron chi connectivity index (χ2n) is 14.6. The topological polar surface area (TPSA) is 296 Å². The minimum Gasteiger partial charge on any atom is -0.480 e. The van der Waals surface area contributed by atoms with Crippen LogP contribution in [0.1, 0.15) is 33.9 Å². The third-order valence-electron chi connectivity index (χ3n) is 9.43. The molecule has 0 radical (unpaired) electrons. The van der Waals surface area contributed by atoms with Gasteiger partial charge in [0.05, 0.1) is 44.7 Å². The lowest BCUT2D eigenvalue weighted by Crippen LogP contribution is -2.17. The van der Waals surface area contributed by atoms with E-state index in [2.05, 4.69) is 56.2 Å². The van der Waals surface area contributed by atoms with Crippen LogP contribution in [0.25, 0.3) is 0 Å². The number of aryl methyl sites for hydroxylation is 2. The summed E-state index contributed by atoms with van der Waals surface area (Å²) in [5.41, 5.74) is 6.35. The normalized spacial score (nSPS) is 12.2. The summed E-state index contributed by atoms with van der Waals surface area (Å²) < 4.78 is 66.1. The lowest BCUT2D eigenvalue weighted by molar-refractivity contribution is -0.134. The lowest BCUT2D eigenvalue weighted by atomic mass is 10.1. The first-order valence-corrected chi connectivity index (χ1v) is 22.8. The van der Waals surface area contributed by atoms with Crippen LogP contribution in [0.15, 0.2) is 184 Å². The van der Waals surface area contributed by atoms with Crippen LogP contribution in [-0.2, 0) is 37.9 Å². The Morgan fingerprint density at radius 1 is 0.507 bits per heavy atom. The van der Waals surface area contributed by atoms with Crippen molar-refractivity contribution in [2.75, 3.05) is 11.9 Å². The monoisotopic (exact) mass is 938 g/mol. The Balaban J connectivity index is 1.02. The van der Waals surface area contributed by atoms with Crippen molar-refractivity contribution in [1.29, 1.82) is 0 Å². The van der Waals surface area contributed by atoms with Gasteiger partial charge in [0.15, 0.2) is 0 Å². The number of nitrogens with zero attached hydrogens (tertiary/aromatic N) is 11. The molecule has 0 bridgehead atoms. The van der Waals surface area contributed by atoms with Gasteiger partial charge < -0.3 is 10.4 Å². The minimum absolute atomic E-state index is 0.0932. The molecule has 6 aromatic carbocycles. The molecule has 0 unspecified atom stereocenters. The number of aromatic nitrogens is 3. The van der Waals surface area contributed by atoms with E-state index >= 15 is 0 Å². The van der Waals surface area contributed by atoms with Crippen LogP contribution in [0.3, 0.4) is 0 Å². The molecule has 0 amide bonds. The van der Waals surface area contributed by atoms with Crippen molar-refractivity contribution in [3.05, 3.63) is 167 Å². The summed E-state index contributed by atoms with van der Waals surface area (Å²) in [5.74, 6) is -0.236. The smallest absolute Gasteiger partial charge is 0.322 e. The molecule has 0 atom stereocenters. The van der Waals surface area contributed by atoms with Crippen molar-refractivity contribution in [2.45, 2.75) is 36.5 Å². The van der Waals surface area contributed by atoms with Crippen LogP contribution in [0, 0.1) is 13.8 Å². The number of benzene rings is 6. The maximum Gasteiger partial charge on any atom is 0.322 e. The quantitative estimate of drug-likeness (QED) is 0.0489. The molecule has 67 heavy (non-hydrogen) atoms. The summed E-state index contributed by atoms with van der Waals surface area (Å²) in [6.07, 6.45) is 0.536. The molecule has 7 rings (SSSR count). The van der Waals surface area contributed by atoms with E-state index in [4.69, 9.17) is 9.54 Å². The second kappa shape index (κ2) is 20.8. The summed E-state index contributed by atoms with van der Waals surface area (Å²) in [5, 5.41) is 45.5. The van der Waals surface area contributed by atoms with Crippen LogP contribution in [0.4, 0.5) is 51.4 Å². The number of azo groups is 4. The SMILES string of the molecule is Cc1cc(Cc2nc(Cc3ccc(N=Nc4ccc(N=Nc5ccccc5)cc4S(=O)(=O)O)c(C)c3)nc(NCC(=O)O)n2)ccc1N=Nc1ccc(N=Nc2ccc(S(=O)(=O)O)cc2)cc1. The lowest BCUT2D eigenvalue weighted by Gasteiger charge is -2.10. The van der Waals surface area contributed by atoms with E-state index < -0.39 is 37.6 Å². The maximum atomic E-state index is 12.3. The Labute approximate surface area is 383 Å². The molecule has 7 aromatic rings. The number of carboxylic acid groups (broad SMARTS) is 1. The van der Waals surface area contributed by atoms with Crippen LogP contribution in [0.5, 0.6) is 0 Å². The average molecular weight is 939 g/mol. The van der Waals surface area contributed by atoms with Gasteiger partial charge >= 0.3 is 5.97 Å². The standard InChI is InChI=1S/C45H38N12O8S2/c1-28-22-30(8-19-38(28)55-53-34-12-10-33(11-13-34)51-52-35-14-17-37(18-15-35)66(60,61)62)24-42-47-43(49-45(48-42)46-27-44(58)59)25-31-9-20-39(29(2)23-31)56-57-40-21-16-36(26-41(40)67(63,64)65)54-50-32-6-4-3-5-7-32/h3-23,26H,24-25,27H2,1-2H3,(H,58,59)(H,60,61,62)(H,63,64,65)(H,46,47,48,49). The number of carboxylic acids is 1. The zero-order valence-electron chi connectivity index (χ0n) is 35.4. The molecule has 20 nitrogen and oxygen atoms in total. The van der Waals surface area contributed by atoms with Gasteiger partial charge in [-0.05, 0) is 127 Å². The number of nitrogens with one attached hydrogen (secondary N) is 1. The molecule has 0 aliphatic carbocycles. The van der Waals surface area contributed by atoms with E-state index in [1.54, 1.807) is 67.6 Å². The molecule has 1 heterocycles. The predicted octanol–water partition coefficient (Wildman–Crippen LogP) is 11.3. The molecule has 0 fully saturated rings. The highest BCUT2D eigenvalue weighted by Gasteiger charge is 2.18. The Kier molecular flexibility index (Phi) is 14.5. The van der Waals surface area contributed by atoms with Gasteiger partial charge in [-0.2, -0.15) is 62.6 Å². The molecule has 22 heteroatoms. The van der Waals surface area contributed by atoms with Crippen molar-refractivity contribution >= 4 is 77.7 Å². The Morgan fingerprint density at radius 3 is 1.43 bits per heavy atom. The van der Waals surface area contributed by atoms with Crippen LogP contribution in [-0.4, -0.2) is 58.5 Å². The van der Waals surface area contributed by atoms with E-state index in [9.17, 15) is 31.3 Å². The number of carbonyl (C=O) groups is 1. The molecule has 338 valence electrons. The summed E-state index contributed by atoms with van der Waals surface area (Å²) in [4.78, 5) is 24.3. The highest BCUT2D eigenvalue weighted by molar-refractivity contribution is 7.86. The van der Waals surface area contributed by atoms with Gasteiger partial charge in [-0.1, -0.05) is 42.5 Å². The van der Waals surface area contributed by atoms with Crippen molar-refractivity contribution in [3.63, 3.8) is 0 Å². The fourth-order valence-corrected chi connectivity index (χ4v) is 7.30. The van der Waals surface area contributed by atoms with Crippen molar-refractivity contribution in [3.8, 4) is 0 Å². The van der Waals surface area contributed by atoms with Crippen molar-refractivity contribution < 1.29 is 35.8 Å². The van der Waals surface area contributed by atoms with E-state index in [0.29, 0.717) is 51.3 Å². The molecule has 0 spiro atoms. The third-order valence-corrected chi connectivity index (χ3v) is 11.2. The molecule has 1 aromatic heterocycles. The summed E-state index contributed by atoms with van der Waals surface area (Å²) in [7, 11) is -9.00. The summed E-state index contributed by atoms with van der Waals surface area (Å²) in [6.45, 7) is 3.27. The van der Waals surface area contributed by atoms with Gasteiger partial charge in [-0.25, -0.2) is 4.98 Å². The van der Waals surface area contributed by atoms with Gasteiger partial charge in [-0.15, -0.1) is 5.11 Å². The predicted molar refractivity (Wildman–Crippen MR) is 246 cm³/mol. The molecule has 4 N–H and O–H groups in total. The van der Waals surface area contributed by atoms with Crippen LogP contribution < -0.4 is 5.32 Å². The van der Waals surface area contributed by atoms with Crippen LogP contribution >= 0.6 is 0 Å². The van der Waals surface area contributed by atoms with E-state index in [1.807, 2.05) is 37.3 Å². The Morgan fingerprint density at radius 2 is 0.940 bits per heavy atom. The van der Waals surface area contributed by atoms with Crippen LogP contribution in [0.2, 0.25) is 0 Å². The van der Waals surface area contributed by atoms with E-state index in [-0.39, 0.29) is 35.1 Å². The van der Waals surface area contributed by atoms with E-state index in [0.717, 1.165) is 22.8 Å². The number of hydrogen-bond acceptors (Lipinski definition) is 17. The molecule has 0 saturated heterocycles. The van der Waals surface area contributed by atoms with E-state index in [1.165, 1.54) is 36.4 Å². The number of rotatable bonds is 17. The third kappa shape index (κ3) is 13.4. The molecular weight excluding hydrogens is 901 g/mol. The van der Waals surface area contributed by atoms with Gasteiger partial charge in [0.1, 0.15) is 28.8 Å². The maximum absolute atomic E-state index is 12.3. The molecule has 0 aliphatic rings. The van der Waals surface area contributed by atoms with Crippen molar-refractivity contribution in [2.24, 2.45) is 40.9 Å². The van der Waals surface area contributed by atoms with Gasteiger partial charge in [0.2, 0.25) is 5.95 Å². The number of aliphatic carboxylic acids is 1. The fourth-order valence-electron chi connectivity index (χ4n) is 6.17. The minimum atomic E-state index is -4.70. The Bertz CT molecular complexity index is 3300. The van der Waals surface area contributed by atoms with Gasteiger partial charge in [0.25, 0.3) is 20.2 Å². The van der Waals surface area contributed by atoms with Gasteiger partial charge in [-0.3, -0.25) is 13.9 Å². The highest BCUT2D eigenvalue weighted by atomic mass is 32.2. The van der Waals surface area contributed by atoms with Crippen molar-refractivity contribution in [1.82, 2.24) is 15.0 Å². The summed E-state index contributed by atoms with van der Waals surface area (Å²) >= 11 is 0. The van der Waals surface area contributed by atoms with Gasteiger partial charge in [0, 0.05) is 12.8 Å². The molecule has 0 saturated carbocycles. The first kappa shape index (κ1) is 46.8. The summed E-state index contributed by atoms with van der Waals surface area (Å²) in [6, 6.07) is 35.9. The number of hydrogen-bond donors (Lipinski definition) is 4. The number of anilines is 1. The fraction of sp³-hybridized carbons (Fsp3) is 0.111. The Hall–Kier alpha value is -8.18. The highest BCUT2D eigenvalue weighted by Crippen LogP contribution is 2.33. The zero-order valence-corrected chi connectivity index (χ0v) is 37.1.